The largest absolute Gasteiger partial charge is 0.508 e. The van der Waals surface area contributed by atoms with Gasteiger partial charge in [0.15, 0.2) is 0 Å². The quantitative estimate of drug-likeness (QED) is 0.0888. The minimum Gasteiger partial charge on any atom is -0.508 e. The van der Waals surface area contributed by atoms with E-state index < -0.39 is 24.0 Å². The predicted octanol–water partition coefficient (Wildman–Crippen LogP) is 11.4. The normalized spacial score (nSPS) is 17.9. The van der Waals surface area contributed by atoms with Crippen molar-refractivity contribution >= 4 is 22.7 Å². The van der Waals surface area contributed by atoms with Gasteiger partial charge in [-0.25, -0.2) is 0 Å². The van der Waals surface area contributed by atoms with Crippen molar-refractivity contribution in [3.05, 3.63) is 157 Å². The monoisotopic (exact) mass is 746 g/mol. The van der Waals surface area contributed by atoms with E-state index in [1.165, 1.54) is 0 Å². The van der Waals surface area contributed by atoms with Gasteiger partial charge in [0.1, 0.15) is 11.5 Å². The predicted molar refractivity (Wildman–Crippen MR) is 230 cm³/mol. The van der Waals surface area contributed by atoms with Crippen LogP contribution in [-0.4, -0.2) is 45.7 Å². The standard InChI is InChI=1S/C50H54N2O4/c1-33(2)27-29-51(30-28-34(3)4)37-23-25-41(45(53)31-37)47-49(55)48(50(47)56)42-26-24-38(32-46(42)54)52(43-21-13-11-19-39(43)35-15-7-5-8-16-35)44-22-14-12-20-40(44)36-17-9-6-10-18-36/h5-26,31-34,47-50,53-56H,27-30H2,1-4H3/t47?,48?,49-,50?/m0/s1. The van der Waals surface area contributed by atoms with Crippen LogP contribution in [0.4, 0.5) is 22.7 Å². The number of benzene rings is 6. The molecule has 0 aromatic heterocycles. The zero-order chi connectivity index (χ0) is 39.3. The highest BCUT2D eigenvalue weighted by atomic mass is 16.3. The van der Waals surface area contributed by atoms with Crippen molar-refractivity contribution in [2.45, 2.75) is 64.6 Å². The molecular formula is C50H54N2O4. The molecule has 1 aliphatic rings. The summed E-state index contributed by atoms with van der Waals surface area (Å²) in [7, 11) is 0. The molecule has 4 N–H and O–H groups in total. The molecule has 0 heterocycles. The maximum Gasteiger partial charge on any atom is 0.121 e. The van der Waals surface area contributed by atoms with Gasteiger partial charge < -0.3 is 30.2 Å². The minimum absolute atomic E-state index is 0.0195. The molecule has 0 spiro atoms. The Hall–Kier alpha value is -5.56. The van der Waals surface area contributed by atoms with Gasteiger partial charge in [-0.15, -0.1) is 0 Å². The van der Waals surface area contributed by atoms with Crippen LogP contribution in [0.15, 0.2) is 146 Å². The summed E-state index contributed by atoms with van der Waals surface area (Å²) in [5.74, 6) is -0.263. The first kappa shape index (κ1) is 38.7. The zero-order valence-corrected chi connectivity index (χ0v) is 32.8. The third-order valence-electron chi connectivity index (χ3n) is 11.3. The Labute approximate surface area is 332 Å². The molecule has 0 amide bonds. The fourth-order valence-corrected chi connectivity index (χ4v) is 8.07. The first-order valence-electron chi connectivity index (χ1n) is 20.0. The number of phenols is 2. The van der Waals surface area contributed by atoms with E-state index in [2.05, 4.69) is 86.0 Å². The second-order valence-corrected chi connectivity index (χ2v) is 16.0. The molecule has 0 aliphatic heterocycles. The van der Waals surface area contributed by atoms with Gasteiger partial charge in [-0.1, -0.05) is 137 Å². The molecule has 6 aromatic carbocycles. The molecule has 3 unspecified atom stereocenters. The smallest absolute Gasteiger partial charge is 0.121 e. The first-order chi connectivity index (χ1) is 27.1. The fraction of sp³-hybridized carbons (Fsp3) is 0.280. The number of aliphatic hydroxyl groups excluding tert-OH is 2. The lowest BCUT2D eigenvalue weighted by Crippen LogP contribution is -2.51. The molecule has 0 radical (unpaired) electrons. The van der Waals surface area contributed by atoms with E-state index in [-0.39, 0.29) is 11.5 Å². The Morgan fingerprint density at radius 1 is 0.482 bits per heavy atom. The molecule has 6 aromatic rings. The van der Waals surface area contributed by atoms with Crippen LogP contribution in [0, 0.1) is 11.8 Å². The first-order valence-corrected chi connectivity index (χ1v) is 20.0. The number of nitrogens with zero attached hydrogens (tertiary/aromatic N) is 2. The lowest BCUT2D eigenvalue weighted by Gasteiger charge is -2.47. The van der Waals surface area contributed by atoms with Crippen LogP contribution in [0.3, 0.4) is 0 Å². The number of hydrogen-bond acceptors (Lipinski definition) is 6. The summed E-state index contributed by atoms with van der Waals surface area (Å²) in [5.41, 5.74) is 8.69. The maximum atomic E-state index is 11.8. The Morgan fingerprint density at radius 2 is 0.875 bits per heavy atom. The Kier molecular flexibility index (Phi) is 11.8. The number of para-hydroxylation sites is 2. The molecule has 56 heavy (non-hydrogen) atoms. The molecule has 1 aliphatic carbocycles. The van der Waals surface area contributed by atoms with Gasteiger partial charge in [-0.2, -0.15) is 0 Å². The van der Waals surface area contributed by atoms with Crippen molar-refractivity contribution < 1.29 is 20.4 Å². The summed E-state index contributed by atoms with van der Waals surface area (Å²) in [6.07, 6.45) is 0.0681. The SMILES string of the molecule is CC(C)CCN(CCC(C)C)c1ccc(C2C(O)C(c3ccc(N(c4ccccc4-c4ccccc4)c4ccccc4-c4ccccc4)cc3O)[C@H]2O)c(O)c1. The number of rotatable bonds is 14. The molecule has 0 saturated heterocycles. The van der Waals surface area contributed by atoms with E-state index in [1.54, 1.807) is 12.1 Å². The number of hydrogen-bond donors (Lipinski definition) is 4. The van der Waals surface area contributed by atoms with E-state index in [9.17, 15) is 20.4 Å². The van der Waals surface area contributed by atoms with E-state index in [1.807, 2.05) is 84.9 Å². The van der Waals surface area contributed by atoms with Crippen molar-refractivity contribution in [3.8, 4) is 33.8 Å². The Balaban J connectivity index is 1.21. The van der Waals surface area contributed by atoms with Crippen LogP contribution in [0.25, 0.3) is 22.3 Å². The van der Waals surface area contributed by atoms with Gasteiger partial charge in [-0.05, 0) is 60.1 Å². The van der Waals surface area contributed by atoms with Crippen LogP contribution >= 0.6 is 0 Å². The molecule has 7 rings (SSSR count). The number of phenolic OH excluding ortho intramolecular Hbond substituents is 2. The lowest BCUT2D eigenvalue weighted by atomic mass is 9.63. The lowest BCUT2D eigenvalue weighted by molar-refractivity contribution is -0.0797. The van der Waals surface area contributed by atoms with Gasteiger partial charge in [0.2, 0.25) is 0 Å². The van der Waals surface area contributed by atoms with Gasteiger partial charge in [-0.3, -0.25) is 0 Å². The summed E-state index contributed by atoms with van der Waals surface area (Å²) < 4.78 is 0. The second kappa shape index (κ2) is 17.1. The van der Waals surface area contributed by atoms with E-state index >= 15 is 0 Å². The van der Waals surface area contributed by atoms with Crippen molar-refractivity contribution in [1.82, 2.24) is 0 Å². The van der Waals surface area contributed by atoms with Crippen LogP contribution in [0.5, 0.6) is 11.5 Å². The highest BCUT2D eigenvalue weighted by Crippen LogP contribution is 2.53. The van der Waals surface area contributed by atoms with Gasteiger partial charge >= 0.3 is 0 Å². The Morgan fingerprint density at radius 3 is 1.30 bits per heavy atom. The summed E-state index contributed by atoms with van der Waals surface area (Å²) in [6.45, 7) is 10.6. The number of anilines is 4. The molecule has 6 nitrogen and oxygen atoms in total. The summed E-state index contributed by atoms with van der Waals surface area (Å²) in [5, 5.41) is 46.3. The summed E-state index contributed by atoms with van der Waals surface area (Å²) >= 11 is 0. The molecule has 6 heteroatoms. The Bertz CT molecular complexity index is 2120. The fourth-order valence-electron chi connectivity index (χ4n) is 8.07. The minimum atomic E-state index is -1.01. The summed E-state index contributed by atoms with van der Waals surface area (Å²) in [4.78, 5) is 4.48. The third-order valence-corrected chi connectivity index (χ3v) is 11.3. The van der Waals surface area contributed by atoms with Gasteiger partial charge in [0.05, 0.1) is 23.6 Å². The van der Waals surface area contributed by atoms with Crippen LogP contribution in [0.2, 0.25) is 0 Å². The highest BCUT2D eigenvalue weighted by Gasteiger charge is 2.52. The topological polar surface area (TPSA) is 87.4 Å². The van der Waals surface area contributed by atoms with E-state index in [0.717, 1.165) is 70.9 Å². The van der Waals surface area contributed by atoms with Gasteiger partial charge in [0.25, 0.3) is 0 Å². The maximum absolute atomic E-state index is 11.8. The highest BCUT2D eigenvalue weighted by molar-refractivity contribution is 5.93. The number of aliphatic hydroxyl groups is 2. The van der Waals surface area contributed by atoms with Crippen molar-refractivity contribution in [2.75, 3.05) is 22.9 Å². The number of aromatic hydroxyl groups is 2. The molecule has 1 saturated carbocycles. The molecule has 0 bridgehead atoms. The van der Waals surface area contributed by atoms with Crippen molar-refractivity contribution in [2.24, 2.45) is 11.8 Å². The van der Waals surface area contributed by atoms with Crippen molar-refractivity contribution in [1.29, 1.82) is 0 Å². The van der Waals surface area contributed by atoms with Crippen molar-refractivity contribution in [3.63, 3.8) is 0 Å². The van der Waals surface area contributed by atoms with E-state index in [4.69, 9.17) is 0 Å². The van der Waals surface area contributed by atoms with Crippen LogP contribution in [-0.2, 0) is 0 Å². The third kappa shape index (κ3) is 8.04. The molecule has 288 valence electrons. The van der Waals surface area contributed by atoms with Gasteiger partial charge in [0, 0.05) is 70.7 Å². The zero-order valence-electron chi connectivity index (χ0n) is 32.8. The second-order valence-electron chi connectivity index (χ2n) is 16.0. The average molecular weight is 747 g/mol. The molecule has 1 fully saturated rings. The average Bonchev–Trinajstić information content (AvgIpc) is 3.20. The van der Waals surface area contributed by atoms with Crippen LogP contribution < -0.4 is 9.80 Å². The van der Waals surface area contributed by atoms with Crippen LogP contribution in [0.1, 0.15) is 63.5 Å². The molecular weight excluding hydrogens is 693 g/mol. The van der Waals surface area contributed by atoms with E-state index in [0.29, 0.717) is 23.0 Å². The molecule has 4 atom stereocenters. The summed E-state index contributed by atoms with van der Waals surface area (Å²) in [6, 6.07) is 48.1.